The molecule has 3 unspecified atom stereocenters. The predicted octanol–water partition coefficient (Wildman–Crippen LogP) is 2.34. The Bertz CT molecular complexity index is 1160. The minimum absolute atomic E-state index is 0.0724. The number of anilines is 2. The molecule has 0 spiro atoms. The first-order valence-electron chi connectivity index (χ1n) is 10.9. The lowest BCUT2D eigenvalue weighted by Gasteiger charge is -2.26. The maximum atomic E-state index is 12.9. The number of fused-ring (bicyclic) bond motifs is 2. The summed E-state index contributed by atoms with van der Waals surface area (Å²) >= 11 is 2.91. The summed E-state index contributed by atoms with van der Waals surface area (Å²) in [6, 6.07) is 4.40. The summed E-state index contributed by atoms with van der Waals surface area (Å²) in [5.74, 6) is 1.20. The maximum Gasteiger partial charge on any atom is 0.263 e. The zero-order valence-corrected chi connectivity index (χ0v) is 19.9. The summed E-state index contributed by atoms with van der Waals surface area (Å²) in [6.07, 6.45) is 2.47. The molecule has 170 valence electrons. The molecule has 5 N–H and O–H groups in total. The molecule has 4 heterocycles. The van der Waals surface area contributed by atoms with E-state index < -0.39 is 0 Å². The molecule has 10 heteroatoms. The molecule has 3 atom stereocenters. The highest BCUT2D eigenvalue weighted by molar-refractivity contribution is 7.29. The van der Waals surface area contributed by atoms with Crippen LogP contribution in [0.5, 0.6) is 0 Å². The Morgan fingerprint density at radius 2 is 2.16 bits per heavy atom. The van der Waals surface area contributed by atoms with E-state index in [1.807, 2.05) is 6.92 Å². The number of methoxy groups -OCH3 is 1. The number of hydrogen-bond donors (Lipinski definition) is 3. The molecule has 3 aromatic heterocycles. The van der Waals surface area contributed by atoms with Crippen molar-refractivity contribution in [1.82, 2.24) is 15.3 Å². The molecular weight excluding hydrogens is 444 g/mol. The quantitative estimate of drug-likeness (QED) is 0.521. The van der Waals surface area contributed by atoms with Crippen LogP contribution in [0.1, 0.15) is 32.4 Å². The van der Waals surface area contributed by atoms with Gasteiger partial charge in [-0.3, -0.25) is 4.79 Å². The Balaban J connectivity index is 1.25. The fourth-order valence-corrected chi connectivity index (χ4v) is 6.79. The van der Waals surface area contributed by atoms with E-state index in [1.165, 1.54) is 28.2 Å². The number of rotatable bonds is 5. The Morgan fingerprint density at radius 3 is 2.94 bits per heavy atom. The highest BCUT2D eigenvalue weighted by Crippen LogP contribution is 2.37. The van der Waals surface area contributed by atoms with Gasteiger partial charge in [-0.15, -0.1) is 22.7 Å². The first kappa shape index (κ1) is 21.6. The summed E-state index contributed by atoms with van der Waals surface area (Å²) in [6.45, 7) is 4.29. The molecule has 0 aromatic carbocycles. The summed E-state index contributed by atoms with van der Waals surface area (Å²) in [4.78, 5) is 25.9. The number of nitrogens with one attached hydrogen (secondary N) is 1. The number of hydrogen-bond acceptors (Lipinski definition) is 9. The molecule has 1 saturated heterocycles. The van der Waals surface area contributed by atoms with Gasteiger partial charge in [-0.1, -0.05) is 6.07 Å². The summed E-state index contributed by atoms with van der Waals surface area (Å²) in [5, 5.41) is 4.14. The molecule has 0 radical (unpaired) electrons. The summed E-state index contributed by atoms with van der Waals surface area (Å²) in [7, 11) is 1.72. The number of pyridine rings is 1. The van der Waals surface area contributed by atoms with Crippen LogP contribution in [-0.4, -0.2) is 54.8 Å². The topological polar surface area (TPSA) is 119 Å². The number of nitrogens with two attached hydrogens (primary N) is 2. The van der Waals surface area contributed by atoms with E-state index in [1.54, 1.807) is 7.11 Å². The van der Waals surface area contributed by atoms with Crippen LogP contribution in [0.2, 0.25) is 0 Å². The second-order valence-corrected chi connectivity index (χ2v) is 10.9. The Morgan fingerprint density at radius 1 is 1.31 bits per heavy atom. The van der Waals surface area contributed by atoms with E-state index in [0.717, 1.165) is 58.4 Å². The van der Waals surface area contributed by atoms with Gasteiger partial charge in [0.15, 0.2) is 0 Å². The van der Waals surface area contributed by atoms with Crippen LogP contribution in [0.25, 0.3) is 9.53 Å². The second-order valence-electron chi connectivity index (χ2n) is 8.68. The van der Waals surface area contributed by atoms with Crippen molar-refractivity contribution in [2.45, 2.75) is 38.3 Å². The van der Waals surface area contributed by atoms with E-state index in [-0.39, 0.29) is 18.0 Å². The van der Waals surface area contributed by atoms with Crippen LogP contribution >= 0.6 is 22.7 Å². The lowest BCUT2D eigenvalue weighted by atomic mass is 9.91. The number of thiazole rings is 1. The van der Waals surface area contributed by atoms with Crippen LogP contribution in [-0.2, 0) is 17.6 Å². The smallest absolute Gasteiger partial charge is 0.263 e. The van der Waals surface area contributed by atoms with E-state index in [0.29, 0.717) is 23.1 Å². The van der Waals surface area contributed by atoms with Gasteiger partial charge >= 0.3 is 0 Å². The lowest BCUT2D eigenvalue weighted by Crippen LogP contribution is -2.39. The normalized spacial score (nSPS) is 23.0. The number of nitrogen functional groups attached to an aromatic ring is 1. The van der Waals surface area contributed by atoms with Gasteiger partial charge in [0.2, 0.25) is 0 Å². The van der Waals surface area contributed by atoms with Crippen molar-refractivity contribution in [1.29, 1.82) is 0 Å². The zero-order valence-electron chi connectivity index (χ0n) is 18.3. The number of amides is 1. The number of carbonyl (C=O) groups is 1. The number of aryl methyl sites for hydroxylation is 2. The fourth-order valence-electron chi connectivity index (χ4n) is 4.69. The first-order valence-corrected chi connectivity index (χ1v) is 12.5. The molecule has 1 fully saturated rings. The summed E-state index contributed by atoms with van der Waals surface area (Å²) in [5.41, 5.74) is 15.4. The van der Waals surface area contributed by atoms with E-state index in [2.05, 4.69) is 27.3 Å². The van der Waals surface area contributed by atoms with Crippen molar-refractivity contribution < 1.29 is 9.53 Å². The number of nitrogens with zero attached hydrogens (tertiary/aromatic N) is 3. The Labute approximate surface area is 195 Å². The van der Waals surface area contributed by atoms with E-state index in [4.69, 9.17) is 21.2 Å². The lowest BCUT2D eigenvalue weighted by molar-refractivity contribution is 0.0938. The van der Waals surface area contributed by atoms with Gasteiger partial charge in [-0.25, -0.2) is 9.97 Å². The minimum Gasteiger partial charge on any atom is -0.396 e. The van der Waals surface area contributed by atoms with Crippen molar-refractivity contribution in [3.63, 3.8) is 0 Å². The molecule has 2 aliphatic rings. The Kier molecular flexibility index (Phi) is 5.79. The monoisotopic (exact) mass is 472 g/mol. The molecule has 5 rings (SSSR count). The molecule has 3 aromatic rings. The molecule has 1 aliphatic carbocycles. The van der Waals surface area contributed by atoms with Gasteiger partial charge in [-0.05, 0) is 37.8 Å². The van der Waals surface area contributed by atoms with Crippen molar-refractivity contribution >= 4 is 49.6 Å². The molecule has 0 bridgehead atoms. The molecule has 1 amide bonds. The SMILES string of the molecule is COCC1CN(c2ccc3c(n2)CCC(NC(=O)c2sc4nc(C)sc4c2N)C3)CC1N. The number of carbonyl (C=O) groups excluding carboxylic acids is 1. The van der Waals surface area contributed by atoms with Crippen molar-refractivity contribution in [3.8, 4) is 0 Å². The van der Waals surface area contributed by atoms with Crippen molar-refractivity contribution in [2.75, 3.05) is 37.4 Å². The second kappa shape index (κ2) is 8.58. The van der Waals surface area contributed by atoms with Gasteiger partial charge < -0.3 is 26.4 Å². The molecule has 32 heavy (non-hydrogen) atoms. The third-order valence-corrected chi connectivity index (χ3v) is 8.61. The molecule has 8 nitrogen and oxygen atoms in total. The van der Waals surface area contributed by atoms with E-state index in [9.17, 15) is 4.79 Å². The molecule has 0 saturated carbocycles. The van der Waals surface area contributed by atoms with Crippen LogP contribution in [0.15, 0.2) is 12.1 Å². The standard InChI is InChI=1S/C22H28N6O2S2/c1-11-25-22-20(31-11)18(24)19(32-22)21(29)26-14-4-5-16-12(7-14)3-6-17(27-16)28-8-13(10-30-2)15(23)9-28/h3,6,13-15H,4-5,7-10,23-24H2,1-2H3,(H,26,29). The highest BCUT2D eigenvalue weighted by atomic mass is 32.1. The van der Waals surface area contributed by atoms with Crippen LogP contribution in [0.3, 0.4) is 0 Å². The van der Waals surface area contributed by atoms with Crippen LogP contribution in [0, 0.1) is 12.8 Å². The van der Waals surface area contributed by atoms with Crippen molar-refractivity contribution in [2.24, 2.45) is 11.7 Å². The third kappa shape index (κ3) is 3.96. The zero-order chi connectivity index (χ0) is 22.4. The predicted molar refractivity (Wildman–Crippen MR) is 130 cm³/mol. The van der Waals surface area contributed by atoms with Gasteiger partial charge in [0.25, 0.3) is 5.91 Å². The number of ether oxygens (including phenoxy) is 1. The first-order chi connectivity index (χ1) is 15.4. The summed E-state index contributed by atoms with van der Waals surface area (Å²) < 4.78 is 6.21. The van der Waals surface area contributed by atoms with E-state index >= 15 is 0 Å². The third-order valence-electron chi connectivity index (χ3n) is 6.38. The van der Waals surface area contributed by atoms with Crippen LogP contribution in [0.4, 0.5) is 11.5 Å². The van der Waals surface area contributed by atoms with Gasteiger partial charge in [0.05, 0.1) is 22.0 Å². The largest absolute Gasteiger partial charge is 0.396 e. The highest BCUT2D eigenvalue weighted by Gasteiger charge is 2.32. The molecular formula is C22H28N6O2S2. The number of thiophene rings is 1. The maximum absolute atomic E-state index is 12.9. The van der Waals surface area contributed by atoms with Gasteiger partial charge in [-0.2, -0.15) is 0 Å². The molecule has 1 aliphatic heterocycles. The average Bonchev–Trinajstić information content (AvgIpc) is 3.41. The van der Waals surface area contributed by atoms with Crippen LogP contribution < -0.4 is 21.7 Å². The Hall–Kier alpha value is -2.27. The van der Waals surface area contributed by atoms with Gasteiger partial charge in [0, 0.05) is 43.9 Å². The number of aromatic nitrogens is 2. The average molecular weight is 473 g/mol. The van der Waals surface area contributed by atoms with Gasteiger partial charge in [0.1, 0.15) is 15.5 Å². The fraction of sp³-hybridized carbons (Fsp3) is 0.500. The van der Waals surface area contributed by atoms with Crippen molar-refractivity contribution in [3.05, 3.63) is 33.3 Å². The minimum atomic E-state index is -0.108.